The first-order valence-electron chi connectivity index (χ1n) is 9.99. The van der Waals surface area contributed by atoms with Crippen LogP contribution >= 0.6 is 0 Å². The zero-order valence-corrected chi connectivity index (χ0v) is 16.9. The van der Waals surface area contributed by atoms with Crippen LogP contribution in [0, 0.1) is 5.82 Å². The summed E-state index contributed by atoms with van der Waals surface area (Å²) < 4.78 is 18.9. The van der Waals surface area contributed by atoms with Crippen LogP contribution in [0.5, 0.6) is 0 Å². The number of nitrogens with one attached hydrogen (secondary N) is 1. The summed E-state index contributed by atoms with van der Waals surface area (Å²) in [4.78, 5) is 27.8. The van der Waals surface area contributed by atoms with Crippen molar-refractivity contribution >= 4 is 11.7 Å². The van der Waals surface area contributed by atoms with E-state index >= 15 is 0 Å². The molecule has 0 aromatic heterocycles. The third kappa shape index (κ3) is 5.71. The summed E-state index contributed by atoms with van der Waals surface area (Å²) in [6.07, 6.45) is 1.26. The number of ketones is 1. The van der Waals surface area contributed by atoms with Crippen LogP contribution in [0.2, 0.25) is 0 Å². The van der Waals surface area contributed by atoms with E-state index in [1.165, 1.54) is 24.3 Å². The maximum atomic E-state index is 13.1. The number of halogens is 1. The highest BCUT2D eigenvalue weighted by molar-refractivity contribution is 6.15. The lowest BCUT2D eigenvalue weighted by molar-refractivity contribution is -0.0680. The summed E-state index contributed by atoms with van der Waals surface area (Å²) in [7, 11) is 0. The minimum Gasteiger partial charge on any atom is -0.373 e. The molecule has 1 saturated heterocycles. The molecule has 0 aliphatic carbocycles. The van der Waals surface area contributed by atoms with Gasteiger partial charge in [-0.25, -0.2) is 4.39 Å². The van der Waals surface area contributed by atoms with E-state index in [-0.39, 0.29) is 23.9 Å². The minimum absolute atomic E-state index is 0.220. The fraction of sp³-hybridized carbons (Fsp3) is 0.391. The Bertz CT molecular complexity index is 843. The predicted octanol–water partition coefficient (Wildman–Crippen LogP) is 3.29. The maximum absolute atomic E-state index is 13.1. The van der Waals surface area contributed by atoms with E-state index < -0.39 is 5.82 Å². The average molecular weight is 398 g/mol. The lowest BCUT2D eigenvalue weighted by Crippen LogP contribution is -2.46. The molecule has 29 heavy (non-hydrogen) atoms. The van der Waals surface area contributed by atoms with E-state index in [9.17, 15) is 14.0 Å². The van der Waals surface area contributed by atoms with Crippen molar-refractivity contribution in [3.05, 3.63) is 71.0 Å². The van der Waals surface area contributed by atoms with Crippen LogP contribution in [0.25, 0.3) is 0 Å². The molecule has 1 aliphatic heterocycles. The molecule has 0 spiro atoms. The maximum Gasteiger partial charge on any atom is 0.252 e. The molecule has 2 atom stereocenters. The van der Waals surface area contributed by atoms with Crippen molar-refractivity contribution in [3.63, 3.8) is 0 Å². The Labute approximate surface area is 170 Å². The van der Waals surface area contributed by atoms with Crippen molar-refractivity contribution in [2.75, 3.05) is 26.2 Å². The largest absolute Gasteiger partial charge is 0.373 e. The number of rotatable bonds is 7. The van der Waals surface area contributed by atoms with Gasteiger partial charge in [0.05, 0.1) is 17.8 Å². The Morgan fingerprint density at radius 3 is 2.31 bits per heavy atom. The number of carbonyl (C=O) groups is 2. The molecule has 0 radical (unpaired) electrons. The highest BCUT2D eigenvalue weighted by Gasteiger charge is 2.22. The fourth-order valence-corrected chi connectivity index (χ4v) is 3.70. The van der Waals surface area contributed by atoms with Gasteiger partial charge in [0, 0.05) is 37.3 Å². The fourth-order valence-electron chi connectivity index (χ4n) is 3.70. The first kappa shape index (κ1) is 21.1. The first-order valence-corrected chi connectivity index (χ1v) is 9.99. The number of ether oxygens (including phenoxy) is 1. The van der Waals surface area contributed by atoms with Gasteiger partial charge in [-0.1, -0.05) is 18.2 Å². The van der Waals surface area contributed by atoms with Gasteiger partial charge in [-0.15, -0.1) is 0 Å². The molecule has 2 unspecified atom stereocenters. The van der Waals surface area contributed by atoms with Crippen molar-refractivity contribution in [3.8, 4) is 0 Å². The van der Waals surface area contributed by atoms with Crippen LogP contribution in [0.4, 0.5) is 4.39 Å². The molecule has 1 amide bonds. The molecule has 154 valence electrons. The van der Waals surface area contributed by atoms with Crippen LogP contribution in [0.3, 0.4) is 0 Å². The van der Waals surface area contributed by atoms with Crippen LogP contribution in [-0.2, 0) is 4.74 Å². The predicted molar refractivity (Wildman–Crippen MR) is 110 cm³/mol. The molecule has 6 heteroatoms. The molecular weight excluding hydrogens is 371 g/mol. The lowest BCUT2D eigenvalue weighted by Gasteiger charge is -2.35. The summed E-state index contributed by atoms with van der Waals surface area (Å²) in [5.74, 6) is -0.983. The SMILES string of the molecule is CC1CN(CCCNC(=O)c2ccccc2C(=O)c2ccc(F)cc2)CC(C)O1. The summed E-state index contributed by atoms with van der Waals surface area (Å²) in [6.45, 7) is 7.34. The summed E-state index contributed by atoms with van der Waals surface area (Å²) >= 11 is 0. The lowest BCUT2D eigenvalue weighted by atomic mass is 9.98. The topological polar surface area (TPSA) is 58.6 Å². The second kappa shape index (κ2) is 9.76. The molecule has 2 aromatic carbocycles. The van der Waals surface area contributed by atoms with Gasteiger partial charge in [-0.3, -0.25) is 14.5 Å². The summed E-state index contributed by atoms with van der Waals surface area (Å²) in [5.41, 5.74) is 0.991. The second-order valence-electron chi connectivity index (χ2n) is 7.51. The number of benzene rings is 2. The normalized spacial score (nSPS) is 19.7. The minimum atomic E-state index is -0.406. The zero-order chi connectivity index (χ0) is 20.8. The number of hydrogen-bond acceptors (Lipinski definition) is 4. The number of morpholine rings is 1. The van der Waals surface area contributed by atoms with Gasteiger partial charge in [0.1, 0.15) is 5.82 Å². The molecule has 1 N–H and O–H groups in total. The number of nitrogens with zero attached hydrogens (tertiary/aromatic N) is 1. The van der Waals surface area contributed by atoms with Crippen molar-refractivity contribution in [1.82, 2.24) is 10.2 Å². The first-order chi connectivity index (χ1) is 13.9. The molecule has 2 aromatic rings. The van der Waals surface area contributed by atoms with Gasteiger partial charge in [-0.2, -0.15) is 0 Å². The quantitative estimate of drug-likeness (QED) is 0.574. The van der Waals surface area contributed by atoms with Gasteiger partial charge in [-0.05, 0) is 50.6 Å². The van der Waals surface area contributed by atoms with E-state index in [0.29, 0.717) is 23.2 Å². The van der Waals surface area contributed by atoms with Gasteiger partial charge >= 0.3 is 0 Å². The van der Waals surface area contributed by atoms with Crippen LogP contribution < -0.4 is 5.32 Å². The van der Waals surface area contributed by atoms with Crippen molar-refractivity contribution in [2.45, 2.75) is 32.5 Å². The van der Waals surface area contributed by atoms with Crippen molar-refractivity contribution < 1.29 is 18.7 Å². The second-order valence-corrected chi connectivity index (χ2v) is 7.51. The molecule has 0 saturated carbocycles. The molecule has 5 nitrogen and oxygen atoms in total. The monoisotopic (exact) mass is 398 g/mol. The Morgan fingerprint density at radius 1 is 1.03 bits per heavy atom. The van der Waals surface area contributed by atoms with Gasteiger partial charge in [0.2, 0.25) is 0 Å². The van der Waals surface area contributed by atoms with E-state index in [1.54, 1.807) is 24.3 Å². The van der Waals surface area contributed by atoms with E-state index in [1.807, 2.05) is 0 Å². The smallest absolute Gasteiger partial charge is 0.252 e. The summed E-state index contributed by atoms with van der Waals surface area (Å²) in [6, 6.07) is 12.0. The molecular formula is C23H27FN2O3. The molecule has 1 fully saturated rings. The molecule has 3 rings (SSSR count). The third-order valence-electron chi connectivity index (χ3n) is 4.95. The van der Waals surface area contributed by atoms with Crippen LogP contribution in [0.1, 0.15) is 46.5 Å². The number of hydrogen-bond donors (Lipinski definition) is 1. The van der Waals surface area contributed by atoms with E-state index in [4.69, 9.17) is 4.74 Å². The molecule has 1 heterocycles. The van der Waals surface area contributed by atoms with Crippen LogP contribution in [0.15, 0.2) is 48.5 Å². The third-order valence-corrected chi connectivity index (χ3v) is 4.95. The Hall–Kier alpha value is -2.57. The highest BCUT2D eigenvalue weighted by atomic mass is 19.1. The van der Waals surface area contributed by atoms with Gasteiger partial charge < -0.3 is 10.1 Å². The van der Waals surface area contributed by atoms with Gasteiger partial charge in [0.25, 0.3) is 5.91 Å². The van der Waals surface area contributed by atoms with E-state index in [2.05, 4.69) is 24.1 Å². The van der Waals surface area contributed by atoms with Crippen LogP contribution in [-0.4, -0.2) is 55.0 Å². The Morgan fingerprint density at radius 2 is 1.66 bits per heavy atom. The zero-order valence-electron chi connectivity index (χ0n) is 16.9. The summed E-state index contributed by atoms with van der Waals surface area (Å²) in [5, 5.41) is 2.91. The Kier molecular flexibility index (Phi) is 7.12. The number of carbonyl (C=O) groups excluding carboxylic acids is 2. The average Bonchev–Trinajstić information content (AvgIpc) is 2.70. The van der Waals surface area contributed by atoms with Crippen molar-refractivity contribution in [1.29, 1.82) is 0 Å². The molecule has 1 aliphatic rings. The Balaban J connectivity index is 1.57. The van der Waals surface area contributed by atoms with Gasteiger partial charge in [0.15, 0.2) is 5.78 Å². The van der Waals surface area contributed by atoms with Crippen molar-refractivity contribution in [2.24, 2.45) is 0 Å². The standard InChI is InChI=1S/C23H27FN2O3/c1-16-14-26(15-17(2)29-16)13-5-12-25-23(28)21-7-4-3-6-20(21)22(27)18-8-10-19(24)11-9-18/h3-4,6-11,16-17H,5,12-15H2,1-2H3,(H,25,28). The highest BCUT2D eigenvalue weighted by Crippen LogP contribution is 2.16. The molecule has 0 bridgehead atoms. The number of amides is 1. The van der Waals surface area contributed by atoms with E-state index in [0.717, 1.165) is 26.1 Å².